The molecule has 0 saturated heterocycles. The second kappa shape index (κ2) is 7.05. The maximum Gasteiger partial charge on any atom is 0.330 e. The van der Waals surface area contributed by atoms with E-state index in [0.29, 0.717) is 12.2 Å². The van der Waals surface area contributed by atoms with Crippen LogP contribution in [0.25, 0.3) is 0 Å². The van der Waals surface area contributed by atoms with Crippen LogP contribution in [0.5, 0.6) is 0 Å². The first kappa shape index (κ1) is 16.2. The molecule has 20 heavy (non-hydrogen) atoms. The van der Waals surface area contributed by atoms with Crippen LogP contribution in [0.2, 0.25) is 0 Å². The molecule has 1 amide bonds. The summed E-state index contributed by atoms with van der Waals surface area (Å²) in [6, 6.07) is 4.27. The number of benzene rings is 1. The Bertz CT molecular complexity index is 499. The van der Waals surface area contributed by atoms with Crippen LogP contribution in [0.3, 0.4) is 0 Å². The molecule has 0 fully saturated rings. The Balaban J connectivity index is 2.92. The molecule has 1 aromatic rings. The van der Waals surface area contributed by atoms with Crippen LogP contribution >= 0.6 is 0 Å². The zero-order valence-corrected chi connectivity index (χ0v) is 12.3. The fourth-order valence-electron chi connectivity index (χ4n) is 1.82. The third kappa shape index (κ3) is 4.06. The van der Waals surface area contributed by atoms with Crippen LogP contribution in [0, 0.1) is 13.8 Å². The van der Waals surface area contributed by atoms with Gasteiger partial charge in [0.15, 0.2) is 6.04 Å². The largest absolute Gasteiger partial charge is 0.479 e. The molecule has 0 aromatic heterocycles. The second-order valence-electron chi connectivity index (χ2n) is 4.72. The van der Waals surface area contributed by atoms with Crippen molar-refractivity contribution in [2.75, 3.05) is 6.61 Å². The van der Waals surface area contributed by atoms with Gasteiger partial charge >= 0.3 is 5.97 Å². The molecule has 0 aliphatic carbocycles. The summed E-state index contributed by atoms with van der Waals surface area (Å²) < 4.78 is 5.16. The van der Waals surface area contributed by atoms with Gasteiger partial charge in [0.1, 0.15) is 6.10 Å². The molecule has 110 valence electrons. The smallest absolute Gasteiger partial charge is 0.330 e. The zero-order chi connectivity index (χ0) is 15.3. The molecule has 1 aromatic carbocycles. The highest BCUT2D eigenvalue weighted by Gasteiger charge is 2.25. The average Bonchev–Trinajstić information content (AvgIpc) is 2.39. The Morgan fingerprint density at radius 1 is 1.30 bits per heavy atom. The molecule has 5 nitrogen and oxygen atoms in total. The number of carbonyl (C=O) groups excluding carboxylic acids is 1. The van der Waals surface area contributed by atoms with Gasteiger partial charge in [-0.25, -0.2) is 4.79 Å². The van der Waals surface area contributed by atoms with Crippen molar-refractivity contribution in [2.45, 2.75) is 39.8 Å². The van der Waals surface area contributed by atoms with E-state index in [2.05, 4.69) is 5.32 Å². The van der Waals surface area contributed by atoms with Gasteiger partial charge in [0.05, 0.1) is 0 Å². The minimum atomic E-state index is -1.09. The quantitative estimate of drug-likeness (QED) is 0.834. The lowest BCUT2D eigenvalue weighted by molar-refractivity contribution is -0.144. The van der Waals surface area contributed by atoms with Crippen molar-refractivity contribution in [3.05, 3.63) is 34.9 Å². The number of rotatable bonds is 6. The van der Waals surface area contributed by atoms with Crippen molar-refractivity contribution in [2.24, 2.45) is 0 Å². The van der Waals surface area contributed by atoms with Gasteiger partial charge in [-0.05, 0) is 44.4 Å². The van der Waals surface area contributed by atoms with E-state index in [1.165, 1.54) is 0 Å². The molecule has 1 rings (SSSR count). The third-order valence-electron chi connectivity index (χ3n) is 3.18. The molecule has 5 heteroatoms. The van der Waals surface area contributed by atoms with Crippen LogP contribution in [0.1, 0.15) is 36.6 Å². The lowest BCUT2D eigenvalue weighted by atomic mass is 10.0. The van der Waals surface area contributed by atoms with E-state index < -0.39 is 24.0 Å². The highest BCUT2D eigenvalue weighted by Crippen LogP contribution is 2.18. The number of hydrogen-bond donors (Lipinski definition) is 2. The number of hydrogen-bond acceptors (Lipinski definition) is 3. The number of aliphatic carboxylic acids is 1. The van der Waals surface area contributed by atoms with Crippen molar-refractivity contribution in [3.8, 4) is 0 Å². The summed E-state index contributed by atoms with van der Waals surface area (Å²) in [5.74, 6) is -1.53. The van der Waals surface area contributed by atoms with E-state index in [9.17, 15) is 14.7 Å². The SMILES string of the molecule is CCOC(C)C(=O)NC(C(=O)O)c1ccc(C)c(C)c1. The van der Waals surface area contributed by atoms with E-state index in [-0.39, 0.29) is 0 Å². The fraction of sp³-hybridized carbons (Fsp3) is 0.467. The average molecular weight is 279 g/mol. The van der Waals surface area contributed by atoms with Gasteiger partial charge in [-0.2, -0.15) is 0 Å². The summed E-state index contributed by atoms with van der Waals surface area (Å²) in [6.07, 6.45) is -0.673. The number of aryl methyl sites for hydroxylation is 2. The maximum absolute atomic E-state index is 11.9. The number of carboxylic acids is 1. The van der Waals surface area contributed by atoms with Gasteiger partial charge < -0.3 is 15.2 Å². The molecule has 0 radical (unpaired) electrons. The Kier molecular flexibility index (Phi) is 5.70. The van der Waals surface area contributed by atoms with Crippen molar-refractivity contribution in [1.29, 1.82) is 0 Å². The second-order valence-corrected chi connectivity index (χ2v) is 4.72. The van der Waals surface area contributed by atoms with Crippen LogP contribution in [-0.2, 0) is 14.3 Å². The first-order valence-corrected chi connectivity index (χ1v) is 6.58. The summed E-state index contributed by atoms with van der Waals surface area (Å²) in [6.45, 7) is 7.63. The summed E-state index contributed by atoms with van der Waals surface area (Å²) in [5.41, 5.74) is 2.62. The van der Waals surface area contributed by atoms with Crippen molar-refractivity contribution in [1.82, 2.24) is 5.32 Å². The fourth-order valence-corrected chi connectivity index (χ4v) is 1.82. The topological polar surface area (TPSA) is 75.6 Å². The normalized spacial score (nSPS) is 13.6. The lowest BCUT2D eigenvalue weighted by Crippen LogP contribution is -2.40. The molecule has 0 aliphatic rings. The van der Waals surface area contributed by atoms with Crippen LogP contribution < -0.4 is 5.32 Å². The predicted molar refractivity (Wildman–Crippen MR) is 75.5 cm³/mol. The van der Waals surface area contributed by atoms with E-state index in [1.807, 2.05) is 19.9 Å². The van der Waals surface area contributed by atoms with Gasteiger partial charge in [0, 0.05) is 6.61 Å². The molecule has 0 heterocycles. The first-order chi connectivity index (χ1) is 9.36. The summed E-state index contributed by atoms with van der Waals surface area (Å²) >= 11 is 0. The lowest BCUT2D eigenvalue weighted by Gasteiger charge is -2.19. The number of nitrogens with one attached hydrogen (secondary N) is 1. The summed E-state index contributed by atoms with van der Waals surface area (Å²) in [4.78, 5) is 23.2. The minimum absolute atomic E-state index is 0.399. The number of ether oxygens (including phenoxy) is 1. The molecule has 0 saturated carbocycles. The van der Waals surface area contributed by atoms with E-state index in [4.69, 9.17) is 4.74 Å². The molecule has 0 spiro atoms. The van der Waals surface area contributed by atoms with Gasteiger partial charge in [0.25, 0.3) is 0 Å². The zero-order valence-electron chi connectivity index (χ0n) is 12.3. The van der Waals surface area contributed by atoms with E-state index in [1.54, 1.807) is 26.0 Å². The van der Waals surface area contributed by atoms with E-state index in [0.717, 1.165) is 11.1 Å². The minimum Gasteiger partial charge on any atom is -0.479 e. The molecular formula is C15H21NO4. The molecule has 2 N–H and O–H groups in total. The Morgan fingerprint density at radius 2 is 1.95 bits per heavy atom. The predicted octanol–water partition coefficient (Wildman–Crippen LogP) is 1.97. The summed E-state index contributed by atoms with van der Waals surface area (Å²) in [5, 5.41) is 11.8. The van der Waals surface area contributed by atoms with Gasteiger partial charge in [-0.15, -0.1) is 0 Å². The number of amides is 1. The van der Waals surface area contributed by atoms with Crippen molar-refractivity contribution < 1.29 is 19.4 Å². The van der Waals surface area contributed by atoms with Crippen LogP contribution in [0.15, 0.2) is 18.2 Å². The van der Waals surface area contributed by atoms with Gasteiger partial charge in [0.2, 0.25) is 5.91 Å². The molecule has 2 unspecified atom stereocenters. The highest BCUT2D eigenvalue weighted by molar-refractivity contribution is 5.86. The van der Waals surface area contributed by atoms with Crippen LogP contribution in [0.4, 0.5) is 0 Å². The van der Waals surface area contributed by atoms with Crippen molar-refractivity contribution >= 4 is 11.9 Å². The van der Waals surface area contributed by atoms with Crippen LogP contribution in [-0.4, -0.2) is 29.7 Å². The summed E-state index contributed by atoms with van der Waals surface area (Å²) in [7, 11) is 0. The Hall–Kier alpha value is -1.88. The monoisotopic (exact) mass is 279 g/mol. The highest BCUT2D eigenvalue weighted by atomic mass is 16.5. The maximum atomic E-state index is 11.9. The molecular weight excluding hydrogens is 258 g/mol. The third-order valence-corrected chi connectivity index (χ3v) is 3.18. The van der Waals surface area contributed by atoms with E-state index >= 15 is 0 Å². The van der Waals surface area contributed by atoms with Crippen molar-refractivity contribution in [3.63, 3.8) is 0 Å². The van der Waals surface area contributed by atoms with Gasteiger partial charge in [-0.1, -0.05) is 18.2 Å². The molecule has 2 atom stereocenters. The first-order valence-electron chi connectivity index (χ1n) is 6.58. The van der Waals surface area contributed by atoms with Gasteiger partial charge in [-0.3, -0.25) is 4.79 Å². The Labute approximate surface area is 118 Å². The standard InChI is InChI=1S/C15H21NO4/c1-5-20-11(4)14(17)16-13(15(18)19)12-7-6-9(2)10(3)8-12/h6-8,11,13H,5H2,1-4H3,(H,16,17)(H,18,19). The molecule has 0 aliphatic heterocycles. The number of carbonyl (C=O) groups is 2. The molecule has 0 bridgehead atoms. The number of carboxylic acid groups (broad SMARTS) is 1. The Morgan fingerprint density at radius 3 is 2.45 bits per heavy atom.